The van der Waals surface area contributed by atoms with Crippen LogP contribution in [0.15, 0.2) is 10.2 Å². The number of hydrogen-bond acceptors (Lipinski definition) is 4. The third-order valence-corrected chi connectivity index (χ3v) is 1.09. The minimum atomic E-state index is -0.749. The molecule has 0 saturated carbocycles. The van der Waals surface area contributed by atoms with E-state index in [0.717, 1.165) is 0 Å². The molecule has 0 aliphatic heterocycles. The molecule has 0 aliphatic carbocycles. The molecule has 0 spiro atoms. The smallest absolute Gasteiger partial charge is 0.206 e. The van der Waals surface area contributed by atoms with Gasteiger partial charge in [0.15, 0.2) is 0 Å². The zero-order chi connectivity index (χ0) is 12.3. The molecule has 0 aliphatic rings. The summed E-state index contributed by atoms with van der Waals surface area (Å²) in [7, 11) is 0. The Hall–Kier alpha value is -0.480. The fourth-order valence-corrected chi connectivity index (χ4v) is 0.514. The third-order valence-electron chi connectivity index (χ3n) is 1.09. The van der Waals surface area contributed by atoms with Crippen molar-refractivity contribution in [1.82, 2.24) is 0 Å². The SMILES string of the molecule is CC(C)(C)N=NC(C)(C)OOC(C)(C)C. The summed E-state index contributed by atoms with van der Waals surface area (Å²) in [5.74, 6) is 0. The van der Waals surface area contributed by atoms with E-state index in [9.17, 15) is 0 Å². The van der Waals surface area contributed by atoms with Gasteiger partial charge in [-0.15, -0.1) is 0 Å². The van der Waals surface area contributed by atoms with Crippen LogP contribution in [-0.2, 0) is 9.78 Å². The Bertz CT molecular complexity index is 222. The molecular weight excluding hydrogens is 192 g/mol. The van der Waals surface area contributed by atoms with Crippen molar-refractivity contribution in [3.63, 3.8) is 0 Å². The molecule has 0 N–H and O–H groups in total. The summed E-state index contributed by atoms with van der Waals surface area (Å²) in [6.07, 6.45) is 0. The topological polar surface area (TPSA) is 43.2 Å². The van der Waals surface area contributed by atoms with Crippen molar-refractivity contribution in [3.8, 4) is 0 Å². The first-order valence-electron chi connectivity index (χ1n) is 5.22. The van der Waals surface area contributed by atoms with Gasteiger partial charge in [0.2, 0.25) is 5.72 Å². The van der Waals surface area contributed by atoms with Gasteiger partial charge in [0.05, 0.1) is 11.1 Å². The normalized spacial score (nSPS) is 14.9. The Morgan fingerprint density at radius 2 is 1.13 bits per heavy atom. The molecule has 0 unspecified atom stereocenters. The molecule has 0 heterocycles. The van der Waals surface area contributed by atoms with Crippen LogP contribution in [0, 0.1) is 0 Å². The maximum atomic E-state index is 5.23. The Labute approximate surface area is 93.0 Å². The Morgan fingerprint density at radius 1 is 0.667 bits per heavy atom. The molecule has 0 saturated heterocycles. The van der Waals surface area contributed by atoms with Crippen LogP contribution in [0.25, 0.3) is 0 Å². The number of hydrogen-bond donors (Lipinski definition) is 0. The lowest BCUT2D eigenvalue weighted by atomic mass is 10.1. The van der Waals surface area contributed by atoms with Crippen molar-refractivity contribution in [2.45, 2.75) is 72.3 Å². The molecule has 0 bridgehead atoms. The van der Waals surface area contributed by atoms with Gasteiger partial charge >= 0.3 is 0 Å². The van der Waals surface area contributed by atoms with Gasteiger partial charge in [0.1, 0.15) is 0 Å². The van der Waals surface area contributed by atoms with Gasteiger partial charge < -0.3 is 0 Å². The Kier molecular flexibility index (Phi) is 4.43. The largest absolute Gasteiger partial charge is 0.228 e. The fourth-order valence-electron chi connectivity index (χ4n) is 0.514. The van der Waals surface area contributed by atoms with Crippen LogP contribution in [0.4, 0.5) is 0 Å². The summed E-state index contributed by atoms with van der Waals surface area (Å²) < 4.78 is 0. The van der Waals surface area contributed by atoms with Crippen LogP contribution in [0.1, 0.15) is 55.4 Å². The lowest BCUT2D eigenvalue weighted by Crippen LogP contribution is -2.29. The predicted octanol–water partition coefficient (Wildman–Crippen LogP) is 3.72. The summed E-state index contributed by atoms with van der Waals surface area (Å²) in [5.41, 5.74) is -1.28. The van der Waals surface area contributed by atoms with Crippen molar-refractivity contribution >= 4 is 0 Å². The Morgan fingerprint density at radius 3 is 1.47 bits per heavy atom. The van der Waals surface area contributed by atoms with Crippen LogP contribution < -0.4 is 0 Å². The first-order valence-corrected chi connectivity index (χ1v) is 5.22. The fraction of sp³-hybridized carbons (Fsp3) is 1.00. The van der Waals surface area contributed by atoms with E-state index < -0.39 is 5.72 Å². The third kappa shape index (κ3) is 9.82. The lowest BCUT2D eigenvalue weighted by molar-refractivity contribution is -0.396. The molecule has 0 aromatic heterocycles. The minimum Gasteiger partial charge on any atom is -0.228 e. The van der Waals surface area contributed by atoms with Crippen molar-refractivity contribution < 1.29 is 9.78 Å². The van der Waals surface area contributed by atoms with Crippen LogP contribution in [0.5, 0.6) is 0 Å². The minimum absolute atomic E-state index is 0.192. The van der Waals surface area contributed by atoms with Crippen molar-refractivity contribution in [1.29, 1.82) is 0 Å². The van der Waals surface area contributed by atoms with Gasteiger partial charge in [-0.2, -0.15) is 10.2 Å². The molecule has 0 radical (unpaired) electrons. The first kappa shape index (κ1) is 14.5. The van der Waals surface area contributed by atoms with Gasteiger partial charge in [-0.25, -0.2) is 9.78 Å². The second kappa shape index (κ2) is 4.58. The summed E-state index contributed by atoms with van der Waals surface area (Å²) in [5, 5.41) is 8.26. The standard InChI is InChI=1S/C11H24N2O2/c1-9(2,3)12-13-11(7,8)15-14-10(4,5)6/h1-8H3. The maximum absolute atomic E-state index is 5.23. The molecule has 15 heavy (non-hydrogen) atoms. The Balaban J connectivity index is 4.26. The molecule has 0 rings (SSSR count). The van der Waals surface area contributed by atoms with E-state index in [0.29, 0.717) is 0 Å². The first-order chi connectivity index (χ1) is 6.41. The molecule has 0 aromatic rings. The molecule has 4 heteroatoms. The van der Waals surface area contributed by atoms with E-state index in [1.54, 1.807) is 0 Å². The molecule has 0 aromatic carbocycles. The summed E-state index contributed by atoms with van der Waals surface area (Å²) in [6.45, 7) is 15.3. The monoisotopic (exact) mass is 216 g/mol. The van der Waals surface area contributed by atoms with Crippen molar-refractivity contribution in [3.05, 3.63) is 0 Å². The zero-order valence-corrected chi connectivity index (χ0v) is 11.2. The highest BCUT2D eigenvalue weighted by Crippen LogP contribution is 2.19. The highest BCUT2D eigenvalue weighted by atomic mass is 17.2. The average molecular weight is 216 g/mol. The van der Waals surface area contributed by atoms with Gasteiger partial charge in [-0.1, -0.05) is 0 Å². The highest BCUT2D eigenvalue weighted by molar-refractivity contribution is 4.70. The van der Waals surface area contributed by atoms with Crippen LogP contribution in [-0.4, -0.2) is 16.9 Å². The highest BCUT2D eigenvalue weighted by Gasteiger charge is 2.24. The number of nitrogens with zero attached hydrogens (tertiary/aromatic N) is 2. The van der Waals surface area contributed by atoms with E-state index >= 15 is 0 Å². The van der Waals surface area contributed by atoms with Crippen LogP contribution in [0.3, 0.4) is 0 Å². The van der Waals surface area contributed by atoms with Gasteiger partial charge in [-0.05, 0) is 55.4 Å². The summed E-state index contributed by atoms with van der Waals surface area (Å²) >= 11 is 0. The maximum Gasteiger partial charge on any atom is 0.206 e. The molecule has 0 atom stereocenters. The number of azo groups is 1. The summed E-state index contributed by atoms with van der Waals surface area (Å²) in [6, 6.07) is 0. The molecule has 0 fully saturated rings. The van der Waals surface area contributed by atoms with E-state index in [2.05, 4.69) is 10.2 Å². The van der Waals surface area contributed by atoms with Gasteiger partial charge in [0.25, 0.3) is 0 Å². The molecule has 0 amide bonds. The van der Waals surface area contributed by atoms with Crippen molar-refractivity contribution in [2.24, 2.45) is 10.2 Å². The quantitative estimate of drug-likeness (QED) is 0.410. The predicted molar refractivity (Wildman–Crippen MR) is 60.6 cm³/mol. The zero-order valence-electron chi connectivity index (χ0n) is 11.2. The van der Waals surface area contributed by atoms with Crippen molar-refractivity contribution in [2.75, 3.05) is 0 Å². The number of rotatable bonds is 3. The van der Waals surface area contributed by atoms with E-state index in [4.69, 9.17) is 9.78 Å². The molecular formula is C11H24N2O2. The van der Waals surface area contributed by atoms with Gasteiger partial charge in [-0.3, -0.25) is 0 Å². The van der Waals surface area contributed by atoms with Crippen LogP contribution in [0.2, 0.25) is 0 Å². The lowest BCUT2D eigenvalue weighted by Gasteiger charge is -2.25. The van der Waals surface area contributed by atoms with E-state index in [1.807, 2.05) is 55.4 Å². The summed E-state index contributed by atoms with van der Waals surface area (Å²) in [4.78, 5) is 10.4. The van der Waals surface area contributed by atoms with E-state index in [1.165, 1.54) is 0 Å². The second-order valence-corrected chi connectivity index (χ2v) is 6.10. The average Bonchev–Trinajstić information content (AvgIpc) is 1.96. The molecule has 4 nitrogen and oxygen atoms in total. The second-order valence-electron chi connectivity index (χ2n) is 6.10. The van der Waals surface area contributed by atoms with Crippen LogP contribution >= 0.6 is 0 Å². The van der Waals surface area contributed by atoms with E-state index in [-0.39, 0.29) is 11.1 Å². The molecule has 90 valence electrons. The van der Waals surface area contributed by atoms with Gasteiger partial charge in [0, 0.05) is 0 Å².